The van der Waals surface area contributed by atoms with E-state index in [1.54, 1.807) is 0 Å². The average molecular weight is 423 g/mol. The van der Waals surface area contributed by atoms with Crippen molar-refractivity contribution in [2.24, 2.45) is 0 Å². The molecule has 0 saturated heterocycles. The summed E-state index contributed by atoms with van der Waals surface area (Å²) in [5.41, 5.74) is 2.84. The summed E-state index contributed by atoms with van der Waals surface area (Å²) in [5, 5.41) is 0. The molecule has 0 aromatic heterocycles. The largest absolute Gasteiger partial charge is 0.259 e. The fraction of sp³-hybridized carbons (Fsp3) is 0.600. The Morgan fingerprint density at radius 1 is 0.452 bits per heavy atom. The Bertz CT molecular complexity index is 609. The molecule has 2 aromatic carbocycles. The minimum atomic E-state index is 0.972. The van der Waals surface area contributed by atoms with Gasteiger partial charge in [0.05, 0.1) is 13.1 Å². The topological polar surface area (TPSA) is 0 Å². The van der Waals surface area contributed by atoms with Crippen molar-refractivity contribution in [2.45, 2.75) is 104 Å². The number of rotatable bonds is 18. The molecule has 31 heavy (non-hydrogen) atoms. The Hall–Kier alpha value is -1.60. The Morgan fingerprint density at radius 3 is 1.16 bits per heavy atom. The van der Waals surface area contributed by atoms with E-state index in [2.05, 4.69) is 74.5 Å². The van der Waals surface area contributed by atoms with Crippen molar-refractivity contribution in [1.82, 2.24) is 4.48 Å². The molecule has 0 N–H and O–H groups in total. The van der Waals surface area contributed by atoms with Crippen molar-refractivity contribution in [3.63, 3.8) is 0 Å². The van der Waals surface area contributed by atoms with Gasteiger partial charge in [-0.05, 0) is 44.0 Å². The van der Waals surface area contributed by atoms with Gasteiger partial charge < -0.3 is 0 Å². The van der Waals surface area contributed by atoms with Crippen LogP contribution < -0.4 is 4.48 Å². The fourth-order valence-electron chi connectivity index (χ4n) is 4.93. The molecule has 0 fully saturated rings. The lowest BCUT2D eigenvalue weighted by atomic mass is 10.0. The smallest absolute Gasteiger partial charge is 0.137 e. The third-order valence-corrected chi connectivity index (χ3v) is 6.93. The molecule has 0 bridgehead atoms. The Balaban J connectivity index is 1.65. The normalized spacial score (nSPS) is 11.7. The molecule has 0 atom stereocenters. The Labute approximate surface area is 193 Å². The van der Waals surface area contributed by atoms with Crippen LogP contribution in [0.3, 0.4) is 0 Å². The zero-order valence-electron chi connectivity index (χ0n) is 20.5. The minimum absolute atomic E-state index is 0.972. The van der Waals surface area contributed by atoms with Crippen LogP contribution in [-0.4, -0.2) is 13.1 Å². The van der Waals surface area contributed by atoms with Gasteiger partial charge in [0.1, 0.15) is 11.4 Å². The molecule has 0 radical (unpaired) electrons. The number of nitrogens with zero attached hydrogens (tertiary/aromatic N) is 1. The van der Waals surface area contributed by atoms with Gasteiger partial charge >= 0.3 is 0 Å². The molecule has 0 unspecified atom stereocenters. The number of hydrogen-bond donors (Lipinski definition) is 0. The standard InChI is InChI=1S/C30H48N/c1-3-5-6-7-8-9-10-11-12-13-14-15-16-23-28-31(4-2,29-24-19-17-20-25-29)30-26-21-18-22-27-30/h17-22,24-27H,3-16,23,28H2,1-2H3/q+1. The maximum absolute atomic E-state index is 2.34. The predicted molar refractivity (Wildman–Crippen MR) is 140 cm³/mol. The number of quaternary nitrogens is 1. The van der Waals surface area contributed by atoms with Gasteiger partial charge in [0.15, 0.2) is 0 Å². The van der Waals surface area contributed by atoms with Crippen molar-refractivity contribution in [1.29, 1.82) is 0 Å². The second-order valence-electron chi connectivity index (χ2n) is 9.27. The van der Waals surface area contributed by atoms with Crippen molar-refractivity contribution in [2.75, 3.05) is 13.1 Å². The highest BCUT2D eigenvalue weighted by Gasteiger charge is 2.30. The van der Waals surface area contributed by atoms with Crippen LogP contribution in [0.2, 0.25) is 0 Å². The maximum Gasteiger partial charge on any atom is 0.137 e. The molecule has 0 spiro atoms. The van der Waals surface area contributed by atoms with E-state index in [0.717, 1.165) is 11.0 Å². The second kappa shape index (κ2) is 16.1. The molecule has 0 aliphatic carbocycles. The van der Waals surface area contributed by atoms with E-state index >= 15 is 0 Å². The Kier molecular flexibility index (Phi) is 13.3. The molecular formula is C30H48N+. The van der Waals surface area contributed by atoms with Crippen LogP contribution in [0.4, 0.5) is 11.4 Å². The van der Waals surface area contributed by atoms with Crippen LogP contribution in [0.5, 0.6) is 0 Å². The van der Waals surface area contributed by atoms with Gasteiger partial charge in [-0.25, -0.2) is 0 Å². The first-order valence-electron chi connectivity index (χ1n) is 13.3. The summed E-state index contributed by atoms with van der Waals surface area (Å²) < 4.78 is 0.972. The zero-order chi connectivity index (χ0) is 22.0. The number of benzene rings is 2. The predicted octanol–water partition coefficient (Wildman–Crippen LogP) is 9.83. The molecular weight excluding hydrogens is 374 g/mol. The van der Waals surface area contributed by atoms with E-state index in [4.69, 9.17) is 0 Å². The highest BCUT2D eigenvalue weighted by atomic mass is 15.4. The number of para-hydroxylation sites is 2. The number of unbranched alkanes of at least 4 members (excludes halogenated alkanes) is 13. The quantitative estimate of drug-likeness (QED) is 0.166. The van der Waals surface area contributed by atoms with Crippen molar-refractivity contribution in [3.8, 4) is 0 Å². The molecule has 1 heteroatoms. The van der Waals surface area contributed by atoms with Gasteiger partial charge in [0.2, 0.25) is 0 Å². The van der Waals surface area contributed by atoms with E-state index in [0.29, 0.717) is 0 Å². The van der Waals surface area contributed by atoms with Crippen LogP contribution in [0, 0.1) is 0 Å². The molecule has 172 valence electrons. The van der Waals surface area contributed by atoms with Crippen LogP contribution in [0.15, 0.2) is 60.7 Å². The van der Waals surface area contributed by atoms with Gasteiger partial charge in [-0.3, -0.25) is 4.48 Å². The lowest BCUT2D eigenvalue weighted by Gasteiger charge is -2.37. The third kappa shape index (κ3) is 9.19. The summed E-state index contributed by atoms with van der Waals surface area (Å²) in [4.78, 5) is 0. The van der Waals surface area contributed by atoms with Gasteiger partial charge in [-0.2, -0.15) is 0 Å². The second-order valence-corrected chi connectivity index (χ2v) is 9.27. The molecule has 0 aliphatic heterocycles. The highest BCUT2D eigenvalue weighted by Crippen LogP contribution is 2.35. The van der Waals surface area contributed by atoms with Gasteiger partial charge in [-0.15, -0.1) is 0 Å². The number of hydrogen-bond acceptors (Lipinski definition) is 0. The first-order valence-corrected chi connectivity index (χ1v) is 13.3. The van der Waals surface area contributed by atoms with E-state index in [9.17, 15) is 0 Å². The van der Waals surface area contributed by atoms with E-state index in [-0.39, 0.29) is 0 Å². The molecule has 0 aliphatic rings. The van der Waals surface area contributed by atoms with E-state index in [1.807, 2.05) is 0 Å². The van der Waals surface area contributed by atoms with Crippen LogP contribution in [0.25, 0.3) is 0 Å². The first kappa shape index (κ1) is 25.7. The highest BCUT2D eigenvalue weighted by molar-refractivity contribution is 5.58. The lowest BCUT2D eigenvalue weighted by molar-refractivity contribution is 0.382. The average Bonchev–Trinajstić information content (AvgIpc) is 2.83. The third-order valence-electron chi connectivity index (χ3n) is 6.93. The van der Waals surface area contributed by atoms with Gasteiger partial charge in [0.25, 0.3) is 0 Å². The van der Waals surface area contributed by atoms with Crippen LogP contribution in [-0.2, 0) is 0 Å². The van der Waals surface area contributed by atoms with Crippen LogP contribution >= 0.6 is 0 Å². The van der Waals surface area contributed by atoms with E-state index < -0.39 is 0 Å². The van der Waals surface area contributed by atoms with Crippen molar-refractivity contribution in [3.05, 3.63) is 60.7 Å². The summed E-state index contributed by atoms with van der Waals surface area (Å²) >= 11 is 0. The summed E-state index contributed by atoms with van der Waals surface area (Å²) in [6.45, 7) is 6.94. The maximum atomic E-state index is 2.34. The molecule has 0 heterocycles. The Morgan fingerprint density at radius 2 is 0.806 bits per heavy atom. The zero-order valence-corrected chi connectivity index (χ0v) is 20.5. The molecule has 2 aromatic rings. The lowest BCUT2D eigenvalue weighted by Crippen LogP contribution is -2.44. The molecule has 1 nitrogen and oxygen atoms in total. The van der Waals surface area contributed by atoms with Crippen molar-refractivity contribution >= 4 is 11.4 Å². The monoisotopic (exact) mass is 422 g/mol. The van der Waals surface area contributed by atoms with Crippen LogP contribution in [0.1, 0.15) is 104 Å². The van der Waals surface area contributed by atoms with Gasteiger partial charge in [-0.1, -0.05) is 120 Å². The van der Waals surface area contributed by atoms with Crippen molar-refractivity contribution < 1.29 is 0 Å². The molecule has 2 rings (SSSR count). The fourth-order valence-corrected chi connectivity index (χ4v) is 4.93. The minimum Gasteiger partial charge on any atom is -0.259 e. The SMILES string of the molecule is CCCCCCCCCCCCCCCC[N+](CC)(c1ccccc1)c1ccccc1. The summed E-state index contributed by atoms with van der Waals surface area (Å²) in [6.07, 6.45) is 19.9. The summed E-state index contributed by atoms with van der Waals surface area (Å²) in [7, 11) is 0. The van der Waals surface area contributed by atoms with E-state index in [1.165, 1.54) is 108 Å². The summed E-state index contributed by atoms with van der Waals surface area (Å²) in [6, 6.07) is 22.2. The first-order chi connectivity index (χ1) is 15.3. The summed E-state index contributed by atoms with van der Waals surface area (Å²) in [5.74, 6) is 0. The molecule has 0 saturated carbocycles. The van der Waals surface area contributed by atoms with Gasteiger partial charge in [0, 0.05) is 0 Å². The molecule has 0 amide bonds.